The molecule has 0 spiro atoms. The SMILES string of the molecule is CCCc1nc(C)nc(C(=O)N2CCN(C(=O)C(C)(C)CCl)C(C)C2)c1C(=O)OCC. The highest BCUT2D eigenvalue weighted by molar-refractivity contribution is 6.19. The molecule has 172 valence electrons. The average Bonchev–Trinajstić information content (AvgIpc) is 2.72. The van der Waals surface area contributed by atoms with Crippen molar-refractivity contribution in [2.45, 2.75) is 60.4 Å². The van der Waals surface area contributed by atoms with Crippen molar-refractivity contribution in [3.05, 3.63) is 22.8 Å². The van der Waals surface area contributed by atoms with Gasteiger partial charge in [0.2, 0.25) is 5.91 Å². The molecule has 1 saturated heterocycles. The van der Waals surface area contributed by atoms with Crippen LogP contribution in [0.3, 0.4) is 0 Å². The average molecular weight is 453 g/mol. The van der Waals surface area contributed by atoms with Gasteiger partial charge in [-0.1, -0.05) is 13.3 Å². The van der Waals surface area contributed by atoms with Gasteiger partial charge < -0.3 is 14.5 Å². The number of carbonyl (C=O) groups excluding carboxylic acids is 3. The Bertz CT molecular complexity index is 843. The van der Waals surface area contributed by atoms with Crippen LogP contribution in [0.5, 0.6) is 0 Å². The molecule has 0 saturated carbocycles. The predicted molar refractivity (Wildman–Crippen MR) is 118 cm³/mol. The second-order valence-electron chi connectivity index (χ2n) is 8.53. The van der Waals surface area contributed by atoms with Gasteiger partial charge in [0.1, 0.15) is 17.1 Å². The number of amides is 2. The minimum absolute atomic E-state index is 0.0302. The molecule has 0 aliphatic carbocycles. The molecule has 0 N–H and O–H groups in total. The van der Waals surface area contributed by atoms with Crippen molar-refractivity contribution in [2.24, 2.45) is 5.41 Å². The fourth-order valence-corrected chi connectivity index (χ4v) is 3.77. The van der Waals surface area contributed by atoms with Crippen molar-refractivity contribution < 1.29 is 19.1 Å². The van der Waals surface area contributed by atoms with Crippen LogP contribution < -0.4 is 0 Å². The zero-order valence-corrected chi connectivity index (χ0v) is 20.1. The van der Waals surface area contributed by atoms with Crippen molar-refractivity contribution in [3.8, 4) is 0 Å². The Balaban J connectivity index is 2.33. The Kier molecular flexibility index (Phi) is 8.40. The molecule has 2 amide bonds. The van der Waals surface area contributed by atoms with E-state index in [1.165, 1.54) is 0 Å². The first kappa shape index (κ1) is 25.0. The Labute approximate surface area is 189 Å². The molecule has 2 rings (SSSR count). The van der Waals surface area contributed by atoms with E-state index in [4.69, 9.17) is 16.3 Å². The summed E-state index contributed by atoms with van der Waals surface area (Å²) in [6.07, 6.45) is 1.31. The molecule has 1 unspecified atom stereocenters. The predicted octanol–water partition coefficient (Wildman–Crippen LogP) is 2.85. The first-order valence-corrected chi connectivity index (χ1v) is 11.3. The van der Waals surface area contributed by atoms with Crippen LogP contribution in [0.25, 0.3) is 0 Å². The summed E-state index contributed by atoms with van der Waals surface area (Å²) >= 11 is 5.97. The standard InChI is InChI=1S/C22H33ClN4O4/c1-7-9-16-17(20(29)31-8-2)18(25-15(4)24-16)19(28)26-10-11-27(14(3)12-26)21(30)22(5,6)13-23/h14H,7-13H2,1-6H3. The lowest BCUT2D eigenvalue weighted by Gasteiger charge is -2.42. The molecular weight excluding hydrogens is 420 g/mol. The van der Waals surface area contributed by atoms with Crippen molar-refractivity contribution in [1.29, 1.82) is 0 Å². The van der Waals surface area contributed by atoms with E-state index in [0.717, 1.165) is 6.42 Å². The lowest BCUT2D eigenvalue weighted by Crippen LogP contribution is -2.58. The van der Waals surface area contributed by atoms with E-state index >= 15 is 0 Å². The van der Waals surface area contributed by atoms with Crippen molar-refractivity contribution in [3.63, 3.8) is 0 Å². The second kappa shape index (κ2) is 10.4. The smallest absolute Gasteiger partial charge is 0.342 e. The number of carbonyl (C=O) groups is 3. The van der Waals surface area contributed by atoms with Gasteiger partial charge in [0.05, 0.1) is 17.7 Å². The fourth-order valence-electron chi connectivity index (χ4n) is 3.66. The monoisotopic (exact) mass is 452 g/mol. The van der Waals surface area contributed by atoms with Gasteiger partial charge in [0.25, 0.3) is 5.91 Å². The van der Waals surface area contributed by atoms with Crippen LogP contribution in [-0.2, 0) is 16.0 Å². The number of alkyl halides is 1. The third-order valence-corrected chi connectivity index (χ3v) is 6.02. The Morgan fingerprint density at radius 3 is 2.42 bits per heavy atom. The third-order valence-electron chi connectivity index (χ3n) is 5.35. The highest BCUT2D eigenvalue weighted by Gasteiger charge is 2.38. The van der Waals surface area contributed by atoms with Crippen LogP contribution in [0.2, 0.25) is 0 Å². The first-order chi connectivity index (χ1) is 14.6. The van der Waals surface area contributed by atoms with Crippen molar-refractivity contribution in [2.75, 3.05) is 32.1 Å². The van der Waals surface area contributed by atoms with Crippen molar-refractivity contribution in [1.82, 2.24) is 19.8 Å². The molecule has 2 heterocycles. The topological polar surface area (TPSA) is 92.7 Å². The lowest BCUT2D eigenvalue weighted by atomic mass is 9.93. The minimum atomic E-state index is -0.669. The van der Waals surface area contributed by atoms with Gasteiger partial charge in [-0.2, -0.15) is 0 Å². The van der Waals surface area contributed by atoms with Crippen LogP contribution in [0.4, 0.5) is 0 Å². The number of rotatable bonds is 7. The Hall–Kier alpha value is -2.22. The molecular formula is C22H33ClN4O4. The highest BCUT2D eigenvalue weighted by Crippen LogP contribution is 2.25. The fraction of sp³-hybridized carbons (Fsp3) is 0.682. The summed E-state index contributed by atoms with van der Waals surface area (Å²) in [7, 11) is 0. The summed E-state index contributed by atoms with van der Waals surface area (Å²) in [5.41, 5.74) is 0.0801. The number of nitrogens with zero attached hydrogens (tertiary/aromatic N) is 4. The van der Waals surface area contributed by atoms with Crippen LogP contribution in [-0.4, -0.2) is 75.7 Å². The number of ether oxygens (including phenoxy) is 1. The Morgan fingerprint density at radius 2 is 1.87 bits per heavy atom. The molecule has 1 atom stereocenters. The normalized spacial score (nSPS) is 16.9. The van der Waals surface area contributed by atoms with Crippen LogP contribution in [0.1, 0.15) is 73.4 Å². The molecule has 0 aromatic carbocycles. The number of halogens is 1. The molecule has 1 aliphatic rings. The van der Waals surface area contributed by atoms with E-state index in [1.54, 1.807) is 23.6 Å². The van der Waals surface area contributed by atoms with E-state index in [2.05, 4.69) is 9.97 Å². The van der Waals surface area contributed by atoms with Gasteiger partial charge in [0, 0.05) is 31.6 Å². The summed E-state index contributed by atoms with van der Waals surface area (Å²) in [5.74, 6) is -0.300. The number of aromatic nitrogens is 2. The lowest BCUT2D eigenvalue weighted by molar-refractivity contribution is -0.143. The number of piperazine rings is 1. The summed E-state index contributed by atoms with van der Waals surface area (Å²) < 4.78 is 5.20. The van der Waals surface area contributed by atoms with Gasteiger partial charge in [-0.15, -0.1) is 11.6 Å². The van der Waals surface area contributed by atoms with Crippen molar-refractivity contribution >= 4 is 29.4 Å². The minimum Gasteiger partial charge on any atom is -0.462 e. The van der Waals surface area contributed by atoms with Gasteiger partial charge >= 0.3 is 5.97 Å². The maximum atomic E-state index is 13.4. The summed E-state index contributed by atoms with van der Waals surface area (Å²) in [6.45, 7) is 12.2. The van der Waals surface area contributed by atoms with E-state index in [0.29, 0.717) is 37.6 Å². The number of aryl methyl sites for hydroxylation is 2. The molecule has 0 bridgehead atoms. The Morgan fingerprint density at radius 1 is 1.19 bits per heavy atom. The maximum Gasteiger partial charge on any atom is 0.342 e. The van der Waals surface area contributed by atoms with Gasteiger partial charge in [-0.05, 0) is 41.0 Å². The molecule has 8 nitrogen and oxygen atoms in total. The number of hydrogen-bond donors (Lipinski definition) is 0. The van der Waals surface area contributed by atoms with Gasteiger partial charge in [-0.3, -0.25) is 9.59 Å². The third kappa shape index (κ3) is 5.53. The largest absolute Gasteiger partial charge is 0.462 e. The zero-order valence-electron chi connectivity index (χ0n) is 19.3. The quantitative estimate of drug-likeness (QED) is 0.466. The maximum absolute atomic E-state index is 13.4. The van der Waals surface area contributed by atoms with E-state index < -0.39 is 11.4 Å². The van der Waals surface area contributed by atoms with Crippen LogP contribution >= 0.6 is 11.6 Å². The molecule has 1 aliphatic heterocycles. The first-order valence-electron chi connectivity index (χ1n) is 10.8. The number of hydrogen-bond acceptors (Lipinski definition) is 6. The molecule has 1 aromatic rings. The van der Waals surface area contributed by atoms with E-state index in [-0.39, 0.29) is 41.6 Å². The highest BCUT2D eigenvalue weighted by atomic mass is 35.5. The summed E-state index contributed by atoms with van der Waals surface area (Å²) in [5, 5.41) is 0. The molecule has 1 fully saturated rings. The summed E-state index contributed by atoms with van der Waals surface area (Å²) in [6, 6.07) is -0.184. The molecule has 1 aromatic heterocycles. The van der Waals surface area contributed by atoms with Crippen LogP contribution in [0, 0.1) is 12.3 Å². The zero-order chi connectivity index (χ0) is 23.3. The van der Waals surface area contributed by atoms with Crippen LogP contribution in [0.15, 0.2) is 0 Å². The molecule has 9 heteroatoms. The molecule has 0 radical (unpaired) electrons. The molecule has 31 heavy (non-hydrogen) atoms. The van der Waals surface area contributed by atoms with Gasteiger partial charge in [-0.25, -0.2) is 14.8 Å². The summed E-state index contributed by atoms with van der Waals surface area (Å²) in [4.78, 5) is 51.1. The van der Waals surface area contributed by atoms with E-state index in [1.807, 2.05) is 27.7 Å². The van der Waals surface area contributed by atoms with Gasteiger partial charge in [0.15, 0.2) is 0 Å². The number of esters is 1. The second-order valence-corrected chi connectivity index (χ2v) is 8.80. The van der Waals surface area contributed by atoms with E-state index in [9.17, 15) is 14.4 Å².